The van der Waals surface area contributed by atoms with Crippen LogP contribution in [0.4, 0.5) is 11.4 Å². The third-order valence-corrected chi connectivity index (χ3v) is 26.6. The van der Waals surface area contributed by atoms with Crippen LogP contribution in [0.15, 0.2) is 328 Å². The average Bonchev–Trinajstić information content (AvgIpc) is 1.49. The maximum absolute atomic E-state index is 2.63. The number of nitrogens with zero attached hydrogens (tertiary/aromatic N) is 8. The van der Waals surface area contributed by atoms with Gasteiger partial charge in [0, 0.05) is 153 Å². The molecule has 0 fully saturated rings. The Labute approximate surface area is 635 Å². The van der Waals surface area contributed by atoms with Gasteiger partial charge in [0.2, 0.25) is 0 Å². The van der Waals surface area contributed by atoms with Crippen molar-refractivity contribution in [1.29, 1.82) is 0 Å². The minimum absolute atomic E-state index is 0.946. The number of aromatic nitrogens is 7. The van der Waals surface area contributed by atoms with Crippen LogP contribution >= 0.6 is 0 Å². The van der Waals surface area contributed by atoms with E-state index in [-0.39, 0.29) is 0 Å². The summed E-state index contributed by atoms with van der Waals surface area (Å²) in [7, 11) is 0. The zero-order valence-corrected chi connectivity index (χ0v) is 60.2. The standard InChI is InChI=1S/C104H58N8/c1-4-24-59(25-5-1)105-46-45-69-88(105)51-75-66-34-13-19-40-84(66)109-89-54-78-90(53-77(89)94(69)99(75)109)110-85-41-20-14-35-67(85)76-52-93-95(96(78)100(76)110)68-36-15-21-42-86(68)106(93)62-30-22-23-57(47-62)58-43-44-87-70(48-58)74-50-72-64-32-11-17-38-82(64)108(61-28-8-3-9-29-61)102(72)98-80-55-91-79(56-92(80)112(87)104(74)98)97-101-71(49-73-65-33-12-18-39-83(65)111(91)103(73)97)63-31-10-16-37-81(63)107(101)60-26-6-2-7-27-60/h1-44,47-56H,45-46H2. The van der Waals surface area contributed by atoms with Crippen molar-refractivity contribution >= 4 is 229 Å². The van der Waals surface area contributed by atoms with E-state index in [0.29, 0.717) is 0 Å². The molecule has 29 rings (SSSR count). The molecule has 0 atom stereocenters. The van der Waals surface area contributed by atoms with E-state index in [0.717, 1.165) is 35.6 Å². The number of benzene rings is 17. The van der Waals surface area contributed by atoms with Gasteiger partial charge in [0.15, 0.2) is 0 Å². The lowest BCUT2D eigenvalue weighted by atomic mass is 9.98. The lowest BCUT2D eigenvalue weighted by molar-refractivity contribution is 1.00. The van der Waals surface area contributed by atoms with Crippen LogP contribution in [0, 0.1) is 0 Å². The van der Waals surface area contributed by atoms with Crippen LogP contribution in [-0.4, -0.2) is 37.8 Å². The molecule has 0 saturated heterocycles. The lowest BCUT2D eigenvalue weighted by Crippen LogP contribution is -2.12. The first kappa shape index (κ1) is 57.3. The number of hydrogen-bond donors (Lipinski definition) is 0. The second-order valence-electron chi connectivity index (χ2n) is 31.7. The third kappa shape index (κ3) is 6.69. The Kier molecular flexibility index (Phi) is 10.2. The topological polar surface area (TPSA) is 35.7 Å². The fourth-order valence-electron chi connectivity index (χ4n) is 22.4. The molecule has 1 aliphatic heterocycles. The summed E-state index contributed by atoms with van der Waals surface area (Å²) in [6.07, 6.45) is 0.980. The summed E-state index contributed by atoms with van der Waals surface area (Å²) in [5, 5.41) is 28.0. The van der Waals surface area contributed by atoms with Gasteiger partial charge in [-0.05, 0) is 169 Å². The van der Waals surface area contributed by atoms with Crippen molar-refractivity contribution in [3.05, 3.63) is 333 Å². The van der Waals surface area contributed by atoms with Crippen molar-refractivity contribution in [3.8, 4) is 28.2 Å². The number of rotatable bonds is 5. The molecule has 17 aromatic carbocycles. The van der Waals surface area contributed by atoms with Gasteiger partial charge in [-0.3, -0.25) is 0 Å². The van der Waals surface area contributed by atoms with Gasteiger partial charge in [0.25, 0.3) is 0 Å². The number of fused-ring (bicyclic) bond motifs is 38. The van der Waals surface area contributed by atoms with Gasteiger partial charge in [-0.1, -0.05) is 182 Å². The first-order valence-corrected chi connectivity index (χ1v) is 39.2. The Hall–Kier alpha value is -14.9. The highest BCUT2D eigenvalue weighted by Gasteiger charge is 2.34. The number of anilines is 2. The van der Waals surface area contributed by atoms with Crippen LogP contribution in [0.3, 0.4) is 0 Å². The molecule has 0 unspecified atom stereocenters. The molecule has 112 heavy (non-hydrogen) atoms. The predicted octanol–water partition coefficient (Wildman–Crippen LogP) is 26.9. The maximum Gasteiger partial charge on any atom is 0.0642 e. The molecule has 0 aliphatic carbocycles. The Bertz CT molecular complexity index is 9130. The van der Waals surface area contributed by atoms with Crippen molar-refractivity contribution in [2.24, 2.45) is 0 Å². The van der Waals surface area contributed by atoms with Crippen molar-refractivity contribution < 1.29 is 0 Å². The molecule has 11 aromatic heterocycles. The molecule has 12 heterocycles. The normalized spacial score (nSPS) is 13.4. The molecule has 0 radical (unpaired) electrons. The molecular formula is C104H58N8. The number of hydrogen-bond acceptors (Lipinski definition) is 1. The van der Waals surface area contributed by atoms with Crippen LogP contribution in [0.2, 0.25) is 0 Å². The van der Waals surface area contributed by atoms with E-state index in [1.165, 1.54) is 240 Å². The first-order valence-electron chi connectivity index (χ1n) is 39.2. The molecular weight excluding hydrogens is 1360 g/mol. The van der Waals surface area contributed by atoms with Crippen molar-refractivity contribution in [1.82, 2.24) is 31.3 Å². The summed E-state index contributed by atoms with van der Waals surface area (Å²) < 4.78 is 18.1. The average molecular weight is 1420 g/mol. The van der Waals surface area contributed by atoms with Gasteiger partial charge in [-0.25, -0.2) is 0 Å². The summed E-state index contributed by atoms with van der Waals surface area (Å²) in [4.78, 5) is 2.55. The summed E-state index contributed by atoms with van der Waals surface area (Å²) in [5.74, 6) is 0. The van der Waals surface area contributed by atoms with Gasteiger partial charge in [0.05, 0.1) is 99.3 Å². The van der Waals surface area contributed by atoms with E-state index in [4.69, 9.17) is 0 Å². The molecule has 514 valence electrons. The van der Waals surface area contributed by atoms with Crippen molar-refractivity contribution in [2.45, 2.75) is 6.42 Å². The Balaban J connectivity index is 0.689. The van der Waals surface area contributed by atoms with Gasteiger partial charge in [-0.2, -0.15) is 0 Å². The smallest absolute Gasteiger partial charge is 0.0642 e. The minimum atomic E-state index is 0.946. The van der Waals surface area contributed by atoms with Crippen molar-refractivity contribution in [3.63, 3.8) is 0 Å². The maximum atomic E-state index is 2.63. The van der Waals surface area contributed by atoms with Crippen LogP contribution in [-0.2, 0) is 6.42 Å². The fraction of sp³-hybridized carbons (Fsp3) is 0.0192. The predicted molar refractivity (Wildman–Crippen MR) is 471 cm³/mol. The zero-order valence-electron chi connectivity index (χ0n) is 60.2. The van der Waals surface area contributed by atoms with E-state index >= 15 is 0 Å². The molecule has 0 spiro atoms. The van der Waals surface area contributed by atoms with Crippen LogP contribution < -0.4 is 4.90 Å². The van der Waals surface area contributed by atoms with Crippen LogP contribution in [0.1, 0.15) is 5.56 Å². The highest BCUT2D eigenvalue weighted by Crippen LogP contribution is 2.56. The van der Waals surface area contributed by atoms with Crippen LogP contribution in [0.25, 0.3) is 246 Å². The van der Waals surface area contributed by atoms with Gasteiger partial charge in [0.1, 0.15) is 0 Å². The van der Waals surface area contributed by atoms with E-state index < -0.39 is 0 Å². The molecule has 1 aliphatic rings. The SMILES string of the molecule is c1ccc(N2CCc3c2cc2c4ccccc4n4c5cc6c7c8c9ccccc9n(-c9cccc(-c%10ccc%11c(c%10)c%10cc%12c%13ccccc%13n(-c%13ccccc%13)c%12c%12c%13cc%14c(cc%13n%11c%10%12)c%10c%11c(cc%12c%13ccccc%13n%14c%12%10)c%10ccccc%10n%11-c%10ccccc%10)c9)c8cc8c9ccccc9n(c6cc5c3c24)c87)cc1. The molecule has 8 heteroatoms. The van der Waals surface area contributed by atoms with E-state index in [2.05, 4.69) is 364 Å². The molecule has 8 nitrogen and oxygen atoms in total. The Morgan fingerprint density at radius 2 is 0.545 bits per heavy atom. The number of para-hydroxylation sites is 9. The first-order chi connectivity index (χ1) is 55.6. The van der Waals surface area contributed by atoms with E-state index in [1.54, 1.807) is 0 Å². The van der Waals surface area contributed by atoms with Gasteiger partial charge >= 0.3 is 0 Å². The second-order valence-corrected chi connectivity index (χ2v) is 31.7. The second kappa shape index (κ2) is 19.9. The Morgan fingerprint density at radius 3 is 1.08 bits per heavy atom. The molecule has 0 bridgehead atoms. The monoisotopic (exact) mass is 1420 g/mol. The molecule has 0 N–H and O–H groups in total. The lowest BCUT2D eigenvalue weighted by Gasteiger charge is -2.19. The Morgan fingerprint density at radius 1 is 0.179 bits per heavy atom. The van der Waals surface area contributed by atoms with Gasteiger partial charge < -0.3 is 36.2 Å². The third-order valence-electron chi connectivity index (χ3n) is 26.6. The largest absolute Gasteiger partial charge is 0.341 e. The molecule has 0 amide bonds. The van der Waals surface area contributed by atoms with E-state index in [9.17, 15) is 0 Å². The summed E-state index contributed by atoms with van der Waals surface area (Å²) in [6.45, 7) is 0.946. The zero-order chi connectivity index (χ0) is 71.9. The van der Waals surface area contributed by atoms with Gasteiger partial charge in [-0.15, -0.1) is 0 Å². The summed E-state index contributed by atoms with van der Waals surface area (Å²) in [6, 6.07) is 125. The fourth-order valence-corrected chi connectivity index (χ4v) is 22.4. The van der Waals surface area contributed by atoms with E-state index in [1.807, 2.05) is 0 Å². The highest BCUT2D eigenvalue weighted by molar-refractivity contribution is 6.41. The highest BCUT2D eigenvalue weighted by atomic mass is 15.2. The molecule has 28 aromatic rings. The minimum Gasteiger partial charge on any atom is -0.341 e. The van der Waals surface area contributed by atoms with Crippen molar-refractivity contribution in [2.75, 3.05) is 11.4 Å². The summed E-state index contributed by atoms with van der Waals surface area (Å²) >= 11 is 0. The molecule has 0 saturated carbocycles. The van der Waals surface area contributed by atoms with Crippen LogP contribution in [0.5, 0.6) is 0 Å². The summed E-state index contributed by atoms with van der Waals surface area (Å²) in [5.41, 5.74) is 31.9. The quantitative estimate of drug-likeness (QED) is 0.169.